The van der Waals surface area contributed by atoms with Gasteiger partial charge >= 0.3 is 0 Å². The molecule has 1 aromatic heterocycles. The molecule has 1 fully saturated rings. The van der Waals surface area contributed by atoms with Gasteiger partial charge in [-0.05, 0) is 12.8 Å². The highest BCUT2D eigenvalue weighted by Gasteiger charge is 2.31. The van der Waals surface area contributed by atoms with Gasteiger partial charge in [0, 0.05) is 17.8 Å². The van der Waals surface area contributed by atoms with Crippen molar-refractivity contribution in [1.82, 2.24) is 9.78 Å². The van der Waals surface area contributed by atoms with Gasteiger partial charge in [-0.2, -0.15) is 5.10 Å². The van der Waals surface area contributed by atoms with E-state index in [4.69, 9.17) is 4.74 Å². The molecule has 0 bridgehead atoms. The van der Waals surface area contributed by atoms with Crippen molar-refractivity contribution in [1.29, 1.82) is 0 Å². The van der Waals surface area contributed by atoms with E-state index in [1.165, 1.54) is 32.1 Å². The Hall–Kier alpha value is -0.510. The predicted molar refractivity (Wildman–Crippen MR) is 68.0 cm³/mol. The maximum Gasteiger partial charge on any atom is 0.157 e. The summed E-state index contributed by atoms with van der Waals surface area (Å²) in [7, 11) is 1.91. The average Bonchev–Trinajstić information content (AvgIpc) is 2.74. The molecule has 0 aliphatic heterocycles. The summed E-state index contributed by atoms with van der Waals surface area (Å²) in [5.41, 5.74) is 0.341. The fraction of sp³-hybridized carbons (Fsp3) is 0.750. The Labute approximate surface area is 105 Å². The van der Waals surface area contributed by atoms with Crippen molar-refractivity contribution in [2.75, 3.05) is 11.9 Å². The van der Waals surface area contributed by atoms with Crippen molar-refractivity contribution < 1.29 is 4.74 Å². The standard InChI is InChI=1S/C12H19BrN2O/c1-15-8-11(7-14-15)16-10-12(9-13)5-3-2-4-6-12/h7-8H,2-6,9-10H2,1H3. The van der Waals surface area contributed by atoms with Gasteiger partial charge in [0.15, 0.2) is 5.75 Å². The zero-order valence-electron chi connectivity index (χ0n) is 9.79. The average molecular weight is 287 g/mol. The van der Waals surface area contributed by atoms with Gasteiger partial charge in [-0.15, -0.1) is 0 Å². The Balaban J connectivity index is 1.91. The minimum Gasteiger partial charge on any atom is -0.490 e. The third kappa shape index (κ3) is 2.78. The molecule has 1 heterocycles. The van der Waals surface area contributed by atoms with E-state index >= 15 is 0 Å². The molecule has 0 radical (unpaired) electrons. The summed E-state index contributed by atoms with van der Waals surface area (Å²) in [6.45, 7) is 0.809. The molecule has 90 valence electrons. The van der Waals surface area contributed by atoms with E-state index in [0.29, 0.717) is 5.41 Å². The molecule has 16 heavy (non-hydrogen) atoms. The lowest BCUT2D eigenvalue weighted by molar-refractivity contribution is 0.122. The largest absolute Gasteiger partial charge is 0.490 e. The monoisotopic (exact) mass is 286 g/mol. The highest BCUT2D eigenvalue weighted by atomic mass is 79.9. The maximum absolute atomic E-state index is 5.85. The lowest BCUT2D eigenvalue weighted by Gasteiger charge is -2.35. The van der Waals surface area contributed by atoms with Gasteiger partial charge < -0.3 is 4.74 Å². The molecule has 0 aromatic carbocycles. The van der Waals surface area contributed by atoms with Crippen LogP contribution in [0.15, 0.2) is 12.4 Å². The van der Waals surface area contributed by atoms with Crippen molar-refractivity contribution in [3.63, 3.8) is 0 Å². The van der Waals surface area contributed by atoms with Gasteiger partial charge in [-0.1, -0.05) is 35.2 Å². The normalized spacial score (nSPS) is 19.6. The SMILES string of the molecule is Cn1cc(OCC2(CBr)CCCCC2)cn1. The van der Waals surface area contributed by atoms with Crippen molar-refractivity contribution in [2.24, 2.45) is 12.5 Å². The summed E-state index contributed by atoms with van der Waals surface area (Å²) < 4.78 is 7.62. The van der Waals surface area contributed by atoms with Crippen LogP contribution in [0.25, 0.3) is 0 Å². The quantitative estimate of drug-likeness (QED) is 0.795. The number of aryl methyl sites for hydroxylation is 1. The zero-order valence-corrected chi connectivity index (χ0v) is 11.4. The first kappa shape index (κ1) is 12.0. The Morgan fingerprint density at radius 3 is 2.75 bits per heavy atom. The minimum atomic E-state index is 0.341. The summed E-state index contributed by atoms with van der Waals surface area (Å²) in [4.78, 5) is 0. The van der Waals surface area contributed by atoms with Gasteiger partial charge in [0.1, 0.15) is 0 Å². The molecule has 0 atom stereocenters. The topological polar surface area (TPSA) is 27.1 Å². The summed E-state index contributed by atoms with van der Waals surface area (Å²) >= 11 is 3.65. The summed E-state index contributed by atoms with van der Waals surface area (Å²) in [6, 6.07) is 0. The van der Waals surface area contributed by atoms with E-state index in [1.807, 2.05) is 13.2 Å². The predicted octanol–water partition coefficient (Wildman–Crippen LogP) is 3.14. The molecule has 3 nitrogen and oxygen atoms in total. The van der Waals surface area contributed by atoms with E-state index in [1.54, 1.807) is 10.9 Å². The van der Waals surface area contributed by atoms with E-state index < -0.39 is 0 Å². The molecule has 0 unspecified atom stereocenters. The van der Waals surface area contributed by atoms with Crippen LogP contribution >= 0.6 is 15.9 Å². The van der Waals surface area contributed by atoms with Crippen LogP contribution in [-0.4, -0.2) is 21.7 Å². The Kier molecular flexibility index (Phi) is 3.90. The molecule has 4 heteroatoms. The molecule has 2 rings (SSSR count). The highest BCUT2D eigenvalue weighted by molar-refractivity contribution is 9.09. The van der Waals surface area contributed by atoms with Gasteiger partial charge in [-0.3, -0.25) is 4.68 Å². The van der Waals surface area contributed by atoms with Crippen LogP contribution in [0.5, 0.6) is 5.75 Å². The zero-order chi connectivity index (χ0) is 11.4. The van der Waals surface area contributed by atoms with Crippen LogP contribution in [0.2, 0.25) is 0 Å². The van der Waals surface area contributed by atoms with Crippen LogP contribution in [0, 0.1) is 5.41 Å². The Morgan fingerprint density at radius 1 is 1.44 bits per heavy atom. The van der Waals surface area contributed by atoms with Crippen LogP contribution in [0.4, 0.5) is 0 Å². The van der Waals surface area contributed by atoms with Crippen molar-refractivity contribution >= 4 is 15.9 Å². The third-order valence-corrected chi connectivity index (χ3v) is 4.61. The number of nitrogens with zero attached hydrogens (tertiary/aromatic N) is 2. The van der Waals surface area contributed by atoms with Gasteiger partial charge in [0.05, 0.1) is 19.0 Å². The van der Waals surface area contributed by atoms with E-state index in [9.17, 15) is 0 Å². The minimum absolute atomic E-state index is 0.341. The van der Waals surface area contributed by atoms with Crippen molar-refractivity contribution in [3.05, 3.63) is 12.4 Å². The molecule has 1 saturated carbocycles. The Bertz CT molecular complexity index is 332. The molecule has 0 N–H and O–H groups in total. The van der Waals surface area contributed by atoms with Crippen molar-refractivity contribution in [2.45, 2.75) is 32.1 Å². The van der Waals surface area contributed by atoms with E-state index in [2.05, 4.69) is 21.0 Å². The number of ether oxygens (including phenoxy) is 1. The summed E-state index contributed by atoms with van der Waals surface area (Å²) in [5.74, 6) is 0.883. The van der Waals surface area contributed by atoms with Crippen LogP contribution < -0.4 is 4.74 Å². The van der Waals surface area contributed by atoms with Crippen LogP contribution in [0.3, 0.4) is 0 Å². The molecule has 1 aliphatic carbocycles. The molecule has 0 saturated heterocycles. The smallest absolute Gasteiger partial charge is 0.157 e. The number of alkyl halides is 1. The Morgan fingerprint density at radius 2 is 2.19 bits per heavy atom. The van der Waals surface area contributed by atoms with Crippen LogP contribution in [0.1, 0.15) is 32.1 Å². The molecule has 1 aliphatic rings. The summed E-state index contributed by atoms with van der Waals surface area (Å²) in [6.07, 6.45) is 10.3. The van der Waals surface area contributed by atoms with Gasteiger partial charge in [0.25, 0.3) is 0 Å². The first-order valence-electron chi connectivity index (χ1n) is 5.92. The number of rotatable bonds is 4. The number of hydrogen-bond acceptors (Lipinski definition) is 2. The molecule has 0 amide bonds. The summed E-state index contributed by atoms with van der Waals surface area (Å²) in [5, 5.41) is 5.15. The first-order chi connectivity index (χ1) is 7.74. The lowest BCUT2D eigenvalue weighted by atomic mass is 9.76. The highest BCUT2D eigenvalue weighted by Crippen LogP contribution is 2.38. The number of halogens is 1. The molecule has 0 spiro atoms. The fourth-order valence-electron chi connectivity index (χ4n) is 2.33. The van der Waals surface area contributed by atoms with E-state index in [0.717, 1.165) is 17.7 Å². The fourth-order valence-corrected chi connectivity index (χ4v) is 3.05. The molecular weight excluding hydrogens is 268 g/mol. The second kappa shape index (κ2) is 5.21. The number of hydrogen-bond donors (Lipinski definition) is 0. The lowest BCUT2D eigenvalue weighted by Crippen LogP contribution is -2.32. The molecular formula is C12H19BrN2O. The van der Waals surface area contributed by atoms with Gasteiger partial charge in [0.2, 0.25) is 0 Å². The van der Waals surface area contributed by atoms with Crippen LogP contribution in [-0.2, 0) is 7.05 Å². The second-order valence-electron chi connectivity index (χ2n) is 4.83. The molecule has 1 aromatic rings. The first-order valence-corrected chi connectivity index (χ1v) is 7.04. The maximum atomic E-state index is 5.85. The number of aromatic nitrogens is 2. The van der Waals surface area contributed by atoms with Gasteiger partial charge in [-0.25, -0.2) is 0 Å². The van der Waals surface area contributed by atoms with Crippen molar-refractivity contribution in [3.8, 4) is 5.75 Å². The second-order valence-corrected chi connectivity index (χ2v) is 5.39. The van der Waals surface area contributed by atoms with E-state index in [-0.39, 0.29) is 0 Å². The third-order valence-electron chi connectivity index (χ3n) is 3.42.